The van der Waals surface area contributed by atoms with Crippen LogP contribution in [0.2, 0.25) is 0 Å². The Kier molecular flexibility index (Phi) is 2.72. The summed E-state index contributed by atoms with van der Waals surface area (Å²) in [7, 11) is 0. The van der Waals surface area contributed by atoms with E-state index in [2.05, 4.69) is 26.1 Å². The topological polar surface area (TPSA) is 12.0 Å². The van der Waals surface area contributed by atoms with Crippen molar-refractivity contribution in [3.05, 3.63) is 0 Å². The van der Waals surface area contributed by atoms with E-state index in [1.165, 1.54) is 19.4 Å². The molecule has 0 spiro atoms. The van der Waals surface area contributed by atoms with E-state index < -0.39 is 0 Å². The molecule has 1 fully saturated rings. The molecule has 10 heavy (non-hydrogen) atoms. The predicted molar refractivity (Wildman–Crippen MR) is 45.0 cm³/mol. The quantitative estimate of drug-likeness (QED) is 0.589. The average molecular weight is 141 g/mol. The van der Waals surface area contributed by atoms with Crippen molar-refractivity contribution in [3.8, 4) is 0 Å². The minimum absolute atomic E-state index is 0.772. The minimum atomic E-state index is 0.772. The zero-order chi connectivity index (χ0) is 7.56. The third kappa shape index (κ3) is 1.72. The smallest absolute Gasteiger partial charge is 0.0116 e. The van der Waals surface area contributed by atoms with Gasteiger partial charge >= 0.3 is 0 Å². The number of piperidine rings is 1. The molecular weight excluding hydrogens is 122 g/mol. The summed E-state index contributed by atoms with van der Waals surface area (Å²) in [4.78, 5) is 0. The molecule has 0 aromatic rings. The van der Waals surface area contributed by atoms with Crippen molar-refractivity contribution in [1.29, 1.82) is 0 Å². The van der Waals surface area contributed by atoms with Crippen molar-refractivity contribution in [2.75, 3.05) is 6.54 Å². The molecule has 1 aliphatic rings. The summed E-state index contributed by atoms with van der Waals surface area (Å²) in [5.41, 5.74) is 0. The highest BCUT2D eigenvalue weighted by Crippen LogP contribution is 2.20. The van der Waals surface area contributed by atoms with E-state index in [0.29, 0.717) is 0 Å². The second-order valence-electron chi connectivity index (χ2n) is 3.84. The largest absolute Gasteiger partial charge is 0.313 e. The summed E-state index contributed by atoms with van der Waals surface area (Å²) in [5.74, 6) is 1.68. The zero-order valence-corrected chi connectivity index (χ0v) is 7.35. The van der Waals surface area contributed by atoms with Crippen molar-refractivity contribution in [2.24, 2.45) is 11.8 Å². The molecule has 0 aromatic heterocycles. The normalized spacial score (nSPS) is 34.8. The number of hydrogen-bond acceptors (Lipinski definition) is 1. The molecule has 0 bridgehead atoms. The van der Waals surface area contributed by atoms with E-state index in [9.17, 15) is 0 Å². The average Bonchev–Trinajstić information content (AvgIpc) is 1.88. The molecule has 1 rings (SSSR count). The monoisotopic (exact) mass is 141 g/mol. The van der Waals surface area contributed by atoms with Gasteiger partial charge in [-0.1, -0.05) is 20.8 Å². The lowest BCUT2D eigenvalue weighted by molar-refractivity contribution is 0.243. The second-order valence-corrected chi connectivity index (χ2v) is 3.84. The van der Waals surface area contributed by atoms with Gasteiger partial charge in [-0.05, 0) is 31.2 Å². The lowest BCUT2D eigenvalue weighted by Gasteiger charge is -2.32. The first-order valence-corrected chi connectivity index (χ1v) is 4.45. The fraction of sp³-hybridized carbons (Fsp3) is 1.00. The van der Waals surface area contributed by atoms with E-state index >= 15 is 0 Å². The molecule has 1 saturated heterocycles. The van der Waals surface area contributed by atoms with Gasteiger partial charge in [-0.2, -0.15) is 0 Å². The van der Waals surface area contributed by atoms with Crippen LogP contribution >= 0.6 is 0 Å². The summed E-state index contributed by atoms with van der Waals surface area (Å²) < 4.78 is 0. The first kappa shape index (κ1) is 8.06. The molecule has 1 heterocycles. The zero-order valence-electron chi connectivity index (χ0n) is 7.35. The van der Waals surface area contributed by atoms with Crippen LogP contribution in [0.25, 0.3) is 0 Å². The molecule has 1 aliphatic heterocycles. The van der Waals surface area contributed by atoms with Crippen molar-refractivity contribution in [3.63, 3.8) is 0 Å². The molecule has 2 unspecified atom stereocenters. The van der Waals surface area contributed by atoms with Gasteiger partial charge in [0.1, 0.15) is 0 Å². The molecule has 1 nitrogen and oxygen atoms in total. The predicted octanol–water partition coefficient (Wildman–Crippen LogP) is 2.03. The van der Waals surface area contributed by atoms with Gasteiger partial charge in [-0.15, -0.1) is 0 Å². The standard InChI is InChI=1S/C9H19N/c1-7(2)9-8(3)5-4-6-10-9/h7-10H,4-6H2,1-3H3. The number of nitrogens with one attached hydrogen (secondary N) is 1. The molecular formula is C9H19N. The molecule has 0 aliphatic carbocycles. The first-order valence-electron chi connectivity index (χ1n) is 4.45. The van der Waals surface area contributed by atoms with Gasteiger partial charge in [0, 0.05) is 6.04 Å². The number of rotatable bonds is 1. The van der Waals surface area contributed by atoms with Gasteiger partial charge in [0.05, 0.1) is 0 Å². The van der Waals surface area contributed by atoms with Gasteiger partial charge in [0.15, 0.2) is 0 Å². The van der Waals surface area contributed by atoms with Crippen LogP contribution in [-0.4, -0.2) is 12.6 Å². The fourth-order valence-electron chi connectivity index (χ4n) is 1.97. The molecule has 0 radical (unpaired) electrons. The Morgan fingerprint density at radius 3 is 2.50 bits per heavy atom. The van der Waals surface area contributed by atoms with E-state index in [1.54, 1.807) is 0 Å². The van der Waals surface area contributed by atoms with Gasteiger partial charge in [0.2, 0.25) is 0 Å². The maximum absolute atomic E-state index is 3.57. The van der Waals surface area contributed by atoms with E-state index in [4.69, 9.17) is 0 Å². The van der Waals surface area contributed by atoms with Crippen molar-refractivity contribution < 1.29 is 0 Å². The summed E-state index contributed by atoms with van der Waals surface area (Å²) in [6, 6.07) is 0.772. The van der Waals surface area contributed by atoms with Crippen molar-refractivity contribution in [1.82, 2.24) is 5.32 Å². The maximum atomic E-state index is 3.57. The highest BCUT2D eigenvalue weighted by atomic mass is 14.9. The van der Waals surface area contributed by atoms with E-state index in [0.717, 1.165) is 17.9 Å². The Morgan fingerprint density at radius 1 is 1.40 bits per heavy atom. The van der Waals surface area contributed by atoms with Crippen LogP contribution in [0.4, 0.5) is 0 Å². The van der Waals surface area contributed by atoms with Gasteiger partial charge < -0.3 is 5.32 Å². The summed E-state index contributed by atoms with van der Waals surface area (Å²) in [5, 5.41) is 3.57. The third-order valence-corrected chi connectivity index (χ3v) is 2.55. The van der Waals surface area contributed by atoms with Crippen LogP contribution < -0.4 is 5.32 Å². The van der Waals surface area contributed by atoms with Crippen LogP contribution in [0, 0.1) is 11.8 Å². The molecule has 60 valence electrons. The van der Waals surface area contributed by atoms with E-state index in [1.807, 2.05) is 0 Å². The lowest BCUT2D eigenvalue weighted by Crippen LogP contribution is -2.43. The Hall–Kier alpha value is -0.0400. The Labute approximate surface area is 64.2 Å². The Balaban J connectivity index is 2.40. The lowest BCUT2D eigenvalue weighted by atomic mass is 9.86. The van der Waals surface area contributed by atoms with Crippen LogP contribution in [0.5, 0.6) is 0 Å². The highest BCUT2D eigenvalue weighted by Gasteiger charge is 2.22. The van der Waals surface area contributed by atoms with Gasteiger partial charge in [-0.3, -0.25) is 0 Å². The minimum Gasteiger partial charge on any atom is -0.313 e. The van der Waals surface area contributed by atoms with Crippen molar-refractivity contribution >= 4 is 0 Å². The van der Waals surface area contributed by atoms with Gasteiger partial charge in [-0.25, -0.2) is 0 Å². The summed E-state index contributed by atoms with van der Waals surface area (Å²) in [6.45, 7) is 8.20. The highest BCUT2D eigenvalue weighted by molar-refractivity contribution is 4.80. The van der Waals surface area contributed by atoms with Crippen LogP contribution in [0.15, 0.2) is 0 Å². The Morgan fingerprint density at radius 2 is 2.10 bits per heavy atom. The third-order valence-electron chi connectivity index (χ3n) is 2.55. The van der Waals surface area contributed by atoms with E-state index in [-0.39, 0.29) is 0 Å². The summed E-state index contributed by atoms with van der Waals surface area (Å²) in [6.07, 6.45) is 2.78. The first-order chi connectivity index (χ1) is 4.72. The van der Waals surface area contributed by atoms with Crippen LogP contribution in [0.1, 0.15) is 33.6 Å². The Bertz CT molecular complexity index is 98.9. The maximum Gasteiger partial charge on any atom is 0.0116 e. The second kappa shape index (κ2) is 3.38. The SMILES string of the molecule is CC(C)C1NCCCC1C. The van der Waals surface area contributed by atoms with Gasteiger partial charge in [0.25, 0.3) is 0 Å². The van der Waals surface area contributed by atoms with Crippen LogP contribution in [-0.2, 0) is 0 Å². The van der Waals surface area contributed by atoms with Crippen LogP contribution in [0.3, 0.4) is 0 Å². The molecule has 2 atom stereocenters. The summed E-state index contributed by atoms with van der Waals surface area (Å²) >= 11 is 0. The fourth-order valence-corrected chi connectivity index (χ4v) is 1.97. The molecule has 0 aromatic carbocycles. The number of hydrogen-bond donors (Lipinski definition) is 1. The molecule has 0 amide bonds. The molecule has 1 N–H and O–H groups in total. The molecule has 1 heteroatoms. The molecule has 0 saturated carbocycles. The van der Waals surface area contributed by atoms with Crippen molar-refractivity contribution in [2.45, 2.75) is 39.7 Å².